The molecule has 0 radical (unpaired) electrons. The Morgan fingerprint density at radius 2 is 2.04 bits per heavy atom. The molecule has 4 rings (SSSR count). The van der Waals surface area contributed by atoms with Crippen molar-refractivity contribution in [2.24, 2.45) is 5.92 Å². The minimum Gasteiger partial charge on any atom is -0.492 e. The zero-order valence-electron chi connectivity index (χ0n) is 15.0. The largest absolute Gasteiger partial charge is 0.492 e. The summed E-state index contributed by atoms with van der Waals surface area (Å²) in [5, 5.41) is 2.01. The lowest BCUT2D eigenvalue weighted by molar-refractivity contribution is 0.0676. The number of nitrogens with zero attached hydrogens (tertiary/aromatic N) is 1. The van der Waals surface area contributed by atoms with Crippen LogP contribution in [0.1, 0.15) is 30.1 Å². The summed E-state index contributed by atoms with van der Waals surface area (Å²) in [5.74, 6) is 1.59. The lowest BCUT2D eigenvalue weighted by Gasteiger charge is -2.42. The van der Waals surface area contributed by atoms with Crippen LogP contribution in [0.15, 0.2) is 30.3 Å². The van der Waals surface area contributed by atoms with Crippen LogP contribution in [0.4, 0.5) is 0 Å². The number of ether oxygens (including phenoxy) is 2. The van der Waals surface area contributed by atoms with Crippen LogP contribution < -0.4 is 9.47 Å². The highest BCUT2D eigenvalue weighted by molar-refractivity contribution is 7.13. The van der Waals surface area contributed by atoms with E-state index in [0.717, 1.165) is 5.06 Å². The maximum Gasteiger partial charge on any atom is 0.173 e. The topological polar surface area (TPSA) is 21.7 Å². The number of hydrogen-bond donors (Lipinski definition) is 0. The summed E-state index contributed by atoms with van der Waals surface area (Å²) >= 11 is 14.2. The molecule has 140 valence electrons. The van der Waals surface area contributed by atoms with Gasteiger partial charge in [0.05, 0.1) is 18.7 Å². The van der Waals surface area contributed by atoms with Gasteiger partial charge in [0.25, 0.3) is 0 Å². The van der Waals surface area contributed by atoms with Gasteiger partial charge in [-0.05, 0) is 50.6 Å². The number of hydrogen-bond acceptors (Lipinski definition) is 4. The lowest BCUT2D eigenvalue weighted by atomic mass is 9.80. The molecule has 2 aromatic rings. The number of halogens is 2. The number of thiophene rings is 1. The van der Waals surface area contributed by atoms with Crippen LogP contribution in [-0.2, 0) is 0 Å². The molecule has 2 saturated heterocycles. The number of benzene rings is 1. The van der Waals surface area contributed by atoms with Crippen molar-refractivity contribution in [1.82, 2.24) is 4.90 Å². The third-order valence-corrected chi connectivity index (χ3v) is 7.93. The van der Waals surface area contributed by atoms with Gasteiger partial charge in [-0.3, -0.25) is 0 Å². The fraction of sp³-hybridized carbons (Fsp3) is 0.500. The van der Waals surface area contributed by atoms with E-state index in [9.17, 15) is 0 Å². The van der Waals surface area contributed by atoms with Gasteiger partial charge in [0.2, 0.25) is 0 Å². The quantitative estimate of drug-likeness (QED) is 0.628. The summed E-state index contributed by atoms with van der Waals surface area (Å²) in [6, 6.07) is 11.1. The van der Waals surface area contributed by atoms with Crippen molar-refractivity contribution in [3.63, 3.8) is 0 Å². The van der Waals surface area contributed by atoms with Crippen LogP contribution in [0.3, 0.4) is 0 Å². The molecule has 0 N–H and O–H groups in total. The average Bonchev–Trinajstić information content (AvgIpc) is 3.20. The highest BCUT2D eigenvalue weighted by Gasteiger charge is 2.46. The summed E-state index contributed by atoms with van der Waals surface area (Å²) in [6.45, 7) is 0.646. The molecule has 0 amide bonds. The molecule has 3 heterocycles. The van der Waals surface area contributed by atoms with Crippen LogP contribution in [0.25, 0.3) is 0 Å². The highest BCUT2D eigenvalue weighted by Crippen LogP contribution is 2.48. The van der Waals surface area contributed by atoms with E-state index < -0.39 is 0 Å². The molecule has 2 fully saturated rings. The molecule has 0 saturated carbocycles. The Morgan fingerprint density at radius 3 is 2.81 bits per heavy atom. The molecule has 2 unspecified atom stereocenters. The van der Waals surface area contributed by atoms with E-state index >= 15 is 0 Å². The Morgan fingerprint density at radius 1 is 1.19 bits per heavy atom. The first-order valence-corrected chi connectivity index (χ1v) is 10.6. The highest BCUT2D eigenvalue weighted by atomic mass is 35.5. The zero-order chi connectivity index (χ0) is 18.3. The molecule has 2 aliphatic rings. The van der Waals surface area contributed by atoms with E-state index in [0.29, 0.717) is 46.3 Å². The average molecular weight is 412 g/mol. The van der Waals surface area contributed by atoms with Crippen molar-refractivity contribution >= 4 is 34.5 Å². The van der Waals surface area contributed by atoms with Crippen molar-refractivity contribution in [2.45, 2.75) is 37.3 Å². The first-order chi connectivity index (χ1) is 12.6. The molecular formula is C20H23Cl2NO2S. The van der Waals surface area contributed by atoms with Gasteiger partial charge in [-0.1, -0.05) is 29.3 Å². The Balaban J connectivity index is 1.58. The smallest absolute Gasteiger partial charge is 0.173 e. The number of rotatable bonds is 5. The summed E-state index contributed by atoms with van der Waals surface area (Å²) in [6.07, 6.45) is 3.68. The van der Waals surface area contributed by atoms with Gasteiger partial charge < -0.3 is 14.4 Å². The Kier molecular flexibility index (Phi) is 5.38. The monoisotopic (exact) mass is 411 g/mol. The van der Waals surface area contributed by atoms with Gasteiger partial charge in [0.15, 0.2) is 5.06 Å². The van der Waals surface area contributed by atoms with Crippen LogP contribution in [0.2, 0.25) is 10.0 Å². The van der Waals surface area contributed by atoms with E-state index in [-0.39, 0.29) is 0 Å². The Hall–Kier alpha value is -0.940. The summed E-state index contributed by atoms with van der Waals surface area (Å²) in [4.78, 5) is 3.95. The van der Waals surface area contributed by atoms with Gasteiger partial charge in [-0.15, -0.1) is 11.3 Å². The van der Waals surface area contributed by atoms with E-state index in [1.807, 2.05) is 12.1 Å². The van der Waals surface area contributed by atoms with Gasteiger partial charge in [-0.25, -0.2) is 0 Å². The third-order valence-electron chi connectivity index (χ3n) is 5.95. The predicted molar refractivity (Wildman–Crippen MR) is 108 cm³/mol. The normalized spacial score (nSPS) is 28.3. The second-order valence-electron chi connectivity index (χ2n) is 7.19. The molecule has 2 bridgehead atoms. The SMILES string of the molecule is COc1ccc([C@H]2CC3CCC([C@@H]2COc2cccc(Cl)c2Cl)N3C)s1. The van der Waals surface area contributed by atoms with Crippen LogP contribution in [0.5, 0.6) is 10.8 Å². The van der Waals surface area contributed by atoms with Crippen molar-refractivity contribution in [3.8, 4) is 10.8 Å². The lowest BCUT2D eigenvalue weighted by Crippen LogP contribution is -2.47. The molecular weight excluding hydrogens is 389 g/mol. The van der Waals surface area contributed by atoms with E-state index in [4.69, 9.17) is 32.7 Å². The number of methoxy groups -OCH3 is 1. The summed E-state index contributed by atoms with van der Waals surface area (Å²) in [7, 11) is 3.99. The van der Waals surface area contributed by atoms with E-state index in [1.165, 1.54) is 24.1 Å². The van der Waals surface area contributed by atoms with Gasteiger partial charge in [0, 0.05) is 28.8 Å². The second-order valence-corrected chi connectivity index (χ2v) is 9.06. The molecule has 1 aromatic heterocycles. The van der Waals surface area contributed by atoms with E-state index in [1.54, 1.807) is 24.5 Å². The molecule has 6 heteroatoms. The van der Waals surface area contributed by atoms with Crippen molar-refractivity contribution in [3.05, 3.63) is 45.3 Å². The van der Waals surface area contributed by atoms with E-state index in [2.05, 4.69) is 24.1 Å². The first kappa shape index (κ1) is 18.4. The fourth-order valence-corrected chi connectivity index (χ4v) is 5.91. The maximum atomic E-state index is 6.31. The Bertz CT molecular complexity index is 781. The van der Waals surface area contributed by atoms with Crippen LogP contribution >= 0.6 is 34.5 Å². The molecule has 3 nitrogen and oxygen atoms in total. The van der Waals surface area contributed by atoms with Crippen molar-refractivity contribution in [1.29, 1.82) is 0 Å². The summed E-state index contributed by atoms with van der Waals surface area (Å²) in [5.41, 5.74) is 0. The van der Waals surface area contributed by atoms with Gasteiger partial charge in [0.1, 0.15) is 10.8 Å². The summed E-state index contributed by atoms with van der Waals surface area (Å²) < 4.78 is 11.6. The molecule has 0 aliphatic carbocycles. The van der Waals surface area contributed by atoms with Crippen LogP contribution in [-0.4, -0.2) is 37.7 Å². The Labute approximate surface area is 168 Å². The maximum absolute atomic E-state index is 6.31. The zero-order valence-corrected chi connectivity index (χ0v) is 17.3. The van der Waals surface area contributed by atoms with Gasteiger partial charge >= 0.3 is 0 Å². The molecule has 0 spiro atoms. The van der Waals surface area contributed by atoms with Crippen LogP contribution in [0, 0.1) is 5.92 Å². The second kappa shape index (κ2) is 7.59. The molecule has 26 heavy (non-hydrogen) atoms. The molecule has 1 aromatic carbocycles. The van der Waals surface area contributed by atoms with Crippen molar-refractivity contribution in [2.75, 3.05) is 20.8 Å². The number of fused-ring (bicyclic) bond motifs is 2. The van der Waals surface area contributed by atoms with Crippen molar-refractivity contribution < 1.29 is 9.47 Å². The first-order valence-electron chi connectivity index (χ1n) is 9.01. The molecule has 2 aliphatic heterocycles. The third kappa shape index (κ3) is 3.33. The van der Waals surface area contributed by atoms with Gasteiger partial charge in [-0.2, -0.15) is 0 Å². The standard InChI is InChI=1S/C20H23Cl2NO2S/c1-23-12-6-7-16(23)14(11-25-17-5-3-4-15(21)20(17)22)13(10-12)18-8-9-19(24-2)26-18/h3-5,8-9,12-14,16H,6-7,10-11H2,1-2H3/t12?,13-,14+,16?/m0/s1. The number of piperidine rings is 1. The minimum atomic E-state index is 0.428. The fourth-order valence-electron chi connectivity index (χ4n) is 4.56. The molecule has 4 atom stereocenters. The predicted octanol–water partition coefficient (Wildman–Crippen LogP) is 5.71. The minimum absolute atomic E-state index is 0.428.